The SMILES string of the molecule is CC(CO)NC(=O)NCCSc1ccc(Cl)cc1. The van der Waals surface area contributed by atoms with E-state index < -0.39 is 0 Å². The van der Waals surface area contributed by atoms with Crippen molar-refractivity contribution in [2.75, 3.05) is 18.9 Å². The fourth-order valence-electron chi connectivity index (χ4n) is 1.18. The fourth-order valence-corrected chi connectivity index (χ4v) is 2.08. The highest BCUT2D eigenvalue weighted by Gasteiger charge is 2.04. The minimum Gasteiger partial charge on any atom is -0.394 e. The van der Waals surface area contributed by atoms with Crippen LogP contribution in [0.3, 0.4) is 0 Å². The van der Waals surface area contributed by atoms with E-state index in [9.17, 15) is 4.79 Å². The number of thioether (sulfide) groups is 1. The maximum absolute atomic E-state index is 11.3. The Morgan fingerprint density at radius 3 is 2.72 bits per heavy atom. The van der Waals surface area contributed by atoms with Gasteiger partial charge in [-0.25, -0.2) is 4.79 Å². The Kier molecular flexibility index (Phi) is 6.93. The molecule has 18 heavy (non-hydrogen) atoms. The predicted octanol–water partition coefficient (Wildman–Crippen LogP) is 2.11. The van der Waals surface area contributed by atoms with E-state index >= 15 is 0 Å². The molecule has 1 rings (SSSR count). The molecule has 0 fully saturated rings. The van der Waals surface area contributed by atoms with Gasteiger partial charge in [-0.05, 0) is 31.2 Å². The molecule has 0 aliphatic rings. The lowest BCUT2D eigenvalue weighted by Crippen LogP contribution is -2.42. The molecule has 1 unspecified atom stereocenters. The third-order valence-electron chi connectivity index (χ3n) is 2.12. The summed E-state index contributed by atoms with van der Waals surface area (Å²) in [4.78, 5) is 12.4. The minimum atomic E-state index is -0.256. The fraction of sp³-hybridized carbons (Fsp3) is 0.417. The van der Waals surface area contributed by atoms with Gasteiger partial charge in [0.15, 0.2) is 0 Å². The third kappa shape index (κ3) is 6.14. The Morgan fingerprint density at radius 1 is 1.44 bits per heavy atom. The van der Waals surface area contributed by atoms with E-state index in [1.807, 2.05) is 24.3 Å². The lowest BCUT2D eigenvalue weighted by atomic mass is 10.4. The normalized spacial score (nSPS) is 11.9. The number of rotatable bonds is 6. The third-order valence-corrected chi connectivity index (χ3v) is 3.39. The van der Waals surface area contributed by atoms with Crippen molar-refractivity contribution in [3.05, 3.63) is 29.3 Å². The molecule has 0 aliphatic carbocycles. The largest absolute Gasteiger partial charge is 0.394 e. The van der Waals surface area contributed by atoms with E-state index in [0.29, 0.717) is 6.54 Å². The maximum Gasteiger partial charge on any atom is 0.315 e. The number of urea groups is 1. The molecule has 0 heterocycles. The van der Waals surface area contributed by atoms with Crippen molar-refractivity contribution < 1.29 is 9.90 Å². The summed E-state index contributed by atoms with van der Waals surface area (Å²) in [7, 11) is 0. The van der Waals surface area contributed by atoms with Crippen LogP contribution < -0.4 is 10.6 Å². The first-order valence-electron chi connectivity index (χ1n) is 5.65. The highest BCUT2D eigenvalue weighted by molar-refractivity contribution is 7.99. The highest BCUT2D eigenvalue weighted by Crippen LogP contribution is 2.19. The van der Waals surface area contributed by atoms with Gasteiger partial charge in [-0.1, -0.05) is 11.6 Å². The Balaban J connectivity index is 2.15. The smallest absolute Gasteiger partial charge is 0.315 e. The van der Waals surface area contributed by atoms with Gasteiger partial charge in [0, 0.05) is 22.2 Å². The van der Waals surface area contributed by atoms with Crippen molar-refractivity contribution in [1.29, 1.82) is 0 Å². The average molecular weight is 289 g/mol. The molecule has 6 heteroatoms. The van der Waals surface area contributed by atoms with Crippen LogP contribution >= 0.6 is 23.4 Å². The van der Waals surface area contributed by atoms with Crippen LogP contribution in [0.1, 0.15) is 6.92 Å². The molecule has 0 spiro atoms. The lowest BCUT2D eigenvalue weighted by molar-refractivity contribution is 0.221. The second-order valence-corrected chi connectivity index (χ2v) is 5.39. The van der Waals surface area contributed by atoms with Crippen molar-refractivity contribution in [1.82, 2.24) is 10.6 Å². The summed E-state index contributed by atoms with van der Waals surface area (Å²) in [6, 6.07) is 7.09. The monoisotopic (exact) mass is 288 g/mol. The average Bonchev–Trinajstić information content (AvgIpc) is 2.36. The highest BCUT2D eigenvalue weighted by atomic mass is 35.5. The van der Waals surface area contributed by atoms with Crippen molar-refractivity contribution >= 4 is 29.4 Å². The molecule has 100 valence electrons. The van der Waals surface area contributed by atoms with Crippen molar-refractivity contribution in [2.24, 2.45) is 0 Å². The van der Waals surface area contributed by atoms with Gasteiger partial charge in [-0.2, -0.15) is 0 Å². The number of amides is 2. The summed E-state index contributed by atoms with van der Waals surface area (Å²) in [5.41, 5.74) is 0. The van der Waals surface area contributed by atoms with E-state index in [1.54, 1.807) is 18.7 Å². The van der Waals surface area contributed by atoms with Crippen LogP contribution in [0.25, 0.3) is 0 Å². The molecule has 1 aromatic carbocycles. The number of aliphatic hydroxyl groups is 1. The van der Waals surface area contributed by atoms with Gasteiger partial charge < -0.3 is 15.7 Å². The lowest BCUT2D eigenvalue weighted by Gasteiger charge is -2.11. The van der Waals surface area contributed by atoms with Crippen LogP contribution in [-0.2, 0) is 0 Å². The van der Waals surface area contributed by atoms with Gasteiger partial charge in [-0.15, -0.1) is 11.8 Å². The van der Waals surface area contributed by atoms with E-state index in [2.05, 4.69) is 10.6 Å². The van der Waals surface area contributed by atoms with Crippen molar-refractivity contribution in [2.45, 2.75) is 17.9 Å². The quantitative estimate of drug-likeness (QED) is 0.555. The number of nitrogens with one attached hydrogen (secondary N) is 2. The second-order valence-electron chi connectivity index (χ2n) is 3.79. The Morgan fingerprint density at radius 2 is 2.11 bits per heavy atom. The molecule has 0 saturated heterocycles. The van der Waals surface area contributed by atoms with E-state index in [-0.39, 0.29) is 18.7 Å². The van der Waals surface area contributed by atoms with Gasteiger partial charge in [-0.3, -0.25) is 0 Å². The van der Waals surface area contributed by atoms with Gasteiger partial charge in [0.2, 0.25) is 0 Å². The first-order valence-corrected chi connectivity index (χ1v) is 7.01. The number of benzene rings is 1. The molecular weight excluding hydrogens is 272 g/mol. The van der Waals surface area contributed by atoms with E-state index in [0.717, 1.165) is 15.7 Å². The van der Waals surface area contributed by atoms with Crippen molar-refractivity contribution in [3.63, 3.8) is 0 Å². The molecule has 0 bridgehead atoms. The van der Waals surface area contributed by atoms with Gasteiger partial charge in [0.25, 0.3) is 0 Å². The van der Waals surface area contributed by atoms with Crippen LogP contribution in [0.15, 0.2) is 29.2 Å². The predicted molar refractivity (Wildman–Crippen MR) is 75.3 cm³/mol. The number of hydrogen-bond donors (Lipinski definition) is 3. The zero-order valence-electron chi connectivity index (χ0n) is 10.1. The summed E-state index contributed by atoms with van der Waals surface area (Å²) in [5, 5.41) is 14.8. The molecule has 0 aliphatic heterocycles. The number of hydrogen-bond acceptors (Lipinski definition) is 3. The summed E-state index contributed by atoms with van der Waals surface area (Å²) < 4.78 is 0. The first-order chi connectivity index (χ1) is 8.61. The minimum absolute atomic E-state index is 0.0626. The van der Waals surface area contributed by atoms with E-state index in [4.69, 9.17) is 16.7 Å². The van der Waals surface area contributed by atoms with Crippen LogP contribution in [0, 0.1) is 0 Å². The topological polar surface area (TPSA) is 61.4 Å². The Bertz CT molecular complexity index is 373. The molecule has 0 aromatic heterocycles. The Labute approximate surface area is 116 Å². The molecule has 4 nitrogen and oxygen atoms in total. The summed E-state index contributed by atoms with van der Waals surface area (Å²) in [6.45, 7) is 2.24. The first kappa shape index (κ1) is 15.1. The van der Waals surface area contributed by atoms with Crippen molar-refractivity contribution in [3.8, 4) is 0 Å². The summed E-state index contributed by atoms with van der Waals surface area (Å²) in [6.07, 6.45) is 0. The van der Waals surface area contributed by atoms with Gasteiger partial charge >= 0.3 is 6.03 Å². The van der Waals surface area contributed by atoms with E-state index in [1.165, 1.54) is 0 Å². The maximum atomic E-state index is 11.3. The van der Waals surface area contributed by atoms with Crippen LogP contribution in [-0.4, -0.2) is 36.1 Å². The molecule has 0 saturated carbocycles. The molecule has 3 N–H and O–H groups in total. The van der Waals surface area contributed by atoms with Gasteiger partial charge in [0.05, 0.1) is 12.6 Å². The number of aliphatic hydroxyl groups excluding tert-OH is 1. The molecule has 1 atom stereocenters. The Hall–Kier alpha value is -0.910. The molecular formula is C12H17ClN2O2S. The standard InChI is InChI=1S/C12H17ClN2O2S/c1-9(8-16)15-12(17)14-6-7-18-11-4-2-10(13)3-5-11/h2-5,9,16H,6-8H2,1H3,(H2,14,15,17). The zero-order chi connectivity index (χ0) is 13.4. The summed E-state index contributed by atoms with van der Waals surface area (Å²) in [5.74, 6) is 0.780. The second kappa shape index (κ2) is 8.24. The number of carbonyl (C=O) groups is 1. The molecule has 1 aromatic rings. The molecule has 2 amide bonds. The number of halogens is 1. The van der Waals surface area contributed by atoms with Gasteiger partial charge in [0.1, 0.15) is 0 Å². The van der Waals surface area contributed by atoms with Crippen LogP contribution in [0.2, 0.25) is 5.02 Å². The zero-order valence-corrected chi connectivity index (χ0v) is 11.7. The van der Waals surface area contributed by atoms with Crippen LogP contribution in [0.4, 0.5) is 4.79 Å². The van der Waals surface area contributed by atoms with Crippen LogP contribution in [0.5, 0.6) is 0 Å². The molecule has 0 radical (unpaired) electrons. The number of carbonyl (C=O) groups excluding carboxylic acids is 1. The summed E-state index contributed by atoms with van der Waals surface area (Å²) >= 11 is 7.43.